The normalized spacial score (nSPS) is 58.6. The highest BCUT2D eigenvalue weighted by Gasteiger charge is 2.78. The molecule has 0 N–H and O–H groups in total. The highest BCUT2D eigenvalue weighted by atomic mass is 16.5. The van der Waals surface area contributed by atoms with Crippen LogP contribution in [0.25, 0.3) is 0 Å². The van der Waals surface area contributed by atoms with Crippen molar-refractivity contribution in [2.24, 2.45) is 5.92 Å². The molecule has 3 rings (SSSR count). The van der Waals surface area contributed by atoms with E-state index in [9.17, 15) is 0 Å². The Bertz CT molecular complexity index is 204. The van der Waals surface area contributed by atoms with Crippen molar-refractivity contribution in [2.45, 2.75) is 37.9 Å². The number of hydrogen-bond donors (Lipinski definition) is 0. The van der Waals surface area contributed by atoms with Gasteiger partial charge in [0, 0.05) is 17.5 Å². The van der Waals surface area contributed by atoms with Crippen LogP contribution >= 0.6 is 0 Å². The predicted octanol–water partition coefficient (Wildman–Crippen LogP) is 0.868. The minimum atomic E-state index is 0.659. The Kier molecular flexibility index (Phi) is 0.961. The van der Waals surface area contributed by atoms with Crippen molar-refractivity contribution in [3.8, 4) is 0 Å². The minimum absolute atomic E-state index is 0.659. The molecule has 0 radical (unpaired) electrons. The molecule has 3 fully saturated rings. The van der Waals surface area contributed by atoms with Crippen LogP contribution in [0.2, 0.25) is 0 Å². The average Bonchev–Trinajstić information content (AvgIpc) is 2.69. The lowest BCUT2D eigenvalue weighted by atomic mass is 10.2. The van der Waals surface area contributed by atoms with E-state index < -0.39 is 0 Å². The second kappa shape index (κ2) is 1.64. The van der Waals surface area contributed by atoms with Crippen LogP contribution in [0, 0.1) is 5.92 Å². The molecule has 1 spiro atoms. The molecular weight excluding hydrogens is 138 g/mol. The van der Waals surface area contributed by atoms with Gasteiger partial charge in [-0.05, 0) is 20.3 Å². The summed E-state index contributed by atoms with van der Waals surface area (Å²) in [5.41, 5.74) is 0.659. The summed E-state index contributed by atoms with van der Waals surface area (Å²) in [4.78, 5) is 2.64. The molecule has 1 saturated carbocycles. The van der Waals surface area contributed by atoms with Gasteiger partial charge in [0.05, 0.1) is 19.3 Å². The van der Waals surface area contributed by atoms with Gasteiger partial charge in [-0.1, -0.05) is 0 Å². The summed E-state index contributed by atoms with van der Waals surface area (Å²) in [6, 6.07) is 1.52. The lowest BCUT2D eigenvalue weighted by Crippen LogP contribution is -2.15. The topological polar surface area (TPSA) is 12.2 Å². The SMILES string of the molecule is CC(C)N1C2COCC3CC321. The molecule has 2 nitrogen and oxygen atoms in total. The van der Waals surface area contributed by atoms with Crippen molar-refractivity contribution in [3.05, 3.63) is 0 Å². The molecule has 0 bridgehead atoms. The van der Waals surface area contributed by atoms with Crippen molar-refractivity contribution in [1.29, 1.82) is 0 Å². The quantitative estimate of drug-likeness (QED) is 0.518. The van der Waals surface area contributed by atoms with Crippen molar-refractivity contribution < 1.29 is 4.74 Å². The summed E-state index contributed by atoms with van der Waals surface area (Å²) in [7, 11) is 0. The van der Waals surface area contributed by atoms with Gasteiger partial charge in [-0.3, -0.25) is 4.90 Å². The molecule has 4 unspecified atom stereocenters. The highest BCUT2D eigenvalue weighted by Crippen LogP contribution is 2.67. The molecule has 0 amide bonds. The van der Waals surface area contributed by atoms with Gasteiger partial charge in [-0.2, -0.15) is 0 Å². The van der Waals surface area contributed by atoms with Crippen LogP contribution in [0.15, 0.2) is 0 Å². The number of hydrogen-bond acceptors (Lipinski definition) is 2. The van der Waals surface area contributed by atoms with Gasteiger partial charge in [-0.15, -0.1) is 0 Å². The van der Waals surface area contributed by atoms with Gasteiger partial charge in [0.1, 0.15) is 0 Å². The van der Waals surface area contributed by atoms with Crippen LogP contribution in [-0.4, -0.2) is 35.7 Å². The summed E-state index contributed by atoms with van der Waals surface area (Å²) in [6.07, 6.45) is 1.41. The minimum Gasteiger partial charge on any atom is -0.379 e. The Morgan fingerprint density at radius 2 is 2.27 bits per heavy atom. The summed E-state index contributed by atoms with van der Waals surface area (Å²) in [5, 5.41) is 0. The zero-order valence-electron chi connectivity index (χ0n) is 7.21. The molecule has 4 atom stereocenters. The second-order valence-electron chi connectivity index (χ2n) is 4.45. The maximum atomic E-state index is 5.51. The maximum Gasteiger partial charge on any atom is 0.0640 e. The van der Waals surface area contributed by atoms with E-state index in [1.165, 1.54) is 6.42 Å². The lowest BCUT2D eigenvalue weighted by Gasteiger charge is -2.05. The first-order valence-corrected chi connectivity index (χ1v) is 4.63. The molecule has 11 heavy (non-hydrogen) atoms. The zero-order valence-corrected chi connectivity index (χ0v) is 7.21. The Balaban J connectivity index is 1.84. The van der Waals surface area contributed by atoms with Gasteiger partial charge >= 0.3 is 0 Å². The smallest absolute Gasteiger partial charge is 0.0640 e. The molecule has 2 saturated heterocycles. The monoisotopic (exact) mass is 153 g/mol. The number of rotatable bonds is 1. The Hall–Kier alpha value is -0.0800. The summed E-state index contributed by atoms with van der Waals surface area (Å²) < 4.78 is 5.51. The van der Waals surface area contributed by atoms with Crippen LogP contribution < -0.4 is 0 Å². The fraction of sp³-hybridized carbons (Fsp3) is 1.00. The van der Waals surface area contributed by atoms with E-state index in [1.807, 2.05) is 0 Å². The van der Waals surface area contributed by atoms with E-state index in [0.29, 0.717) is 5.54 Å². The summed E-state index contributed by atoms with van der Waals surface area (Å²) in [5.74, 6) is 0.892. The largest absolute Gasteiger partial charge is 0.379 e. The molecule has 0 aromatic carbocycles. The maximum absolute atomic E-state index is 5.51. The molecule has 2 aliphatic heterocycles. The van der Waals surface area contributed by atoms with E-state index in [2.05, 4.69) is 18.7 Å². The zero-order chi connectivity index (χ0) is 7.64. The number of ether oxygens (including phenoxy) is 1. The first-order valence-electron chi connectivity index (χ1n) is 4.63. The predicted molar refractivity (Wildman–Crippen MR) is 42.4 cm³/mol. The second-order valence-corrected chi connectivity index (χ2v) is 4.45. The third-order valence-corrected chi connectivity index (χ3v) is 3.60. The highest BCUT2D eigenvalue weighted by molar-refractivity contribution is 5.33. The van der Waals surface area contributed by atoms with E-state index >= 15 is 0 Å². The number of nitrogens with zero attached hydrogens (tertiary/aromatic N) is 1. The average molecular weight is 153 g/mol. The van der Waals surface area contributed by atoms with Gasteiger partial charge in [0.25, 0.3) is 0 Å². The van der Waals surface area contributed by atoms with Crippen LogP contribution in [0.5, 0.6) is 0 Å². The van der Waals surface area contributed by atoms with Crippen molar-refractivity contribution in [2.75, 3.05) is 13.2 Å². The first kappa shape index (κ1) is 6.44. The van der Waals surface area contributed by atoms with Gasteiger partial charge in [0.2, 0.25) is 0 Å². The summed E-state index contributed by atoms with van der Waals surface area (Å²) in [6.45, 7) is 6.61. The lowest BCUT2D eigenvalue weighted by molar-refractivity contribution is 0.105. The Labute approximate surface area is 67.5 Å². The Morgan fingerprint density at radius 1 is 1.45 bits per heavy atom. The van der Waals surface area contributed by atoms with Crippen molar-refractivity contribution in [1.82, 2.24) is 4.90 Å². The molecule has 0 aromatic heterocycles. The van der Waals surface area contributed by atoms with E-state index in [4.69, 9.17) is 4.74 Å². The molecular formula is C9H15NO. The molecule has 0 aromatic rings. The van der Waals surface area contributed by atoms with Crippen molar-refractivity contribution >= 4 is 0 Å². The van der Waals surface area contributed by atoms with Gasteiger partial charge in [-0.25, -0.2) is 0 Å². The molecule has 3 aliphatic rings. The van der Waals surface area contributed by atoms with E-state index in [-0.39, 0.29) is 0 Å². The van der Waals surface area contributed by atoms with Gasteiger partial charge in [0.15, 0.2) is 0 Å². The van der Waals surface area contributed by atoms with Crippen LogP contribution in [0.1, 0.15) is 20.3 Å². The molecule has 2 heteroatoms. The fourth-order valence-electron chi connectivity index (χ4n) is 3.09. The molecule has 62 valence electrons. The molecule has 2 heterocycles. The standard InChI is InChI=1S/C9H15NO/c1-6(2)10-8-5-11-4-7-3-9(7,8)10/h6-8H,3-5H2,1-2H3. The Morgan fingerprint density at radius 3 is 2.91 bits per heavy atom. The third-order valence-electron chi connectivity index (χ3n) is 3.60. The van der Waals surface area contributed by atoms with Crippen LogP contribution in [0.4, 0.5) is 0 Å². The van der Waals surface area contributed by atoms with Crippen molar-refractivity contribution in [3.63, 3.8) is 0 Å². The van der Waals surface area contributed by atoms with E-state index in [1.54, 1.807) is 0 Å². The van der Waals surface area contributed by atoms with E-state index in [0.717, 1.165) is 31.2 Å². The summed E-state index contributed by atoms with van der Waals surface area (Å²) >= 11 is 0. The third kappa shape index (κ3) is 0.574. The van der Waals surface area contributed by atoms with Crippen LogP contribution in [0.3, 0.4) is 0 Å². The first-order chi connectivity index (χ1) is 5.27. The van der Waals surface area contributed by atoms with Crippen LogP contribution in [-0.2, 0) is 4.74 Å². The molecule has 1 aliphatic carbocycles. The fourth-order valence-corrected chi connectivity index (χ4v) is 3.09. The van der Waals surface area contributed by atoms with Gasteiger partial charge < -0.3 is 4.74 Å².